The van der Waals surface area contributed by atoms with Gasteiger partial charge < -0.3 is 5.32 Å². The molecule has 27 heavy (non-hydrogen) atoms. The summed E-state index contributed by atoms with van der Waals surface area (Å²) in [6.45, 7) is 3.85. The third-order valence-electron chi connectivity index (χ3n) is 4.07. The first kappa shape index (κ1) is 18.6. The first-order chi connectivity index (χ1) is 13.0. The molecule has 0 saturated carbocycles. The maximum Gasteiger partial charge on any atom is 0.252 e. The van der Waals surface area contributed by atoms with E-state index in [9.17, 15) is 9.59 Å². The van der Waals surface area contributed by atoms with Crippen molar-refractivity contribution in [3.63, 3.8) is 0 Å². The molecule has 0 saturated heterocycles. The van der Waals surface area contributed by atoms with E-state index in [0.717, 1.165) is 17.7 Å². The quantitative estimate of drug-likeness (QED) is 0.673. The van der Waals surface area contributed by atoms with E-state index in [1.807, 2.05) is 44.2 Å². The molecule has 0 radical (unpaired) electrons. The summed E-state index contributed by atoms with van der Waals surface area (Å²) in [5.74, 6) is 0.673. The number of aromatic amines is 1. The van der Waals surface area contributed by atoms with Gasteiger partial charge in [0.1, 0.15) is 5.82 Å². The van der Waals surface area contributed by atoms with Gasteiger partial charge in [-0.05, 0) is 25.3 Å². The molecule has 1 aromatic carbocycles. The number of nitrogens with one attached hydrogen (secondary N) is 2. The molecular weight excluding hydrogens is 342 g/mol. The van der Waals surface area contributed by atoms with Crippen LogP contribution >= 0.6 is 0 Å². The monoisotopic (exact) mass is 365 g/mol. The molecule has 0 fully saturated rings. The van der Waals surface area contributed by atoms with Crippen LogP contribution in [0, 0.1) is 6.92 Å². The van der Waals surface area contributed by atoms with E-state index in [0.29, 0.717) is 36.7 Å². The Bertz CT molecular complexity index is 976. The molecule has 140 valence electrons. The van der Waals surface area contributed by atoms with Gasteiger partial charge in [0.05, 0.1) is 5.69 Å². The summed E-state index contributed by atoms with van der Waals surface area (Å²) in [5.41, 5.74) is 2.29. The second-order valence-corrected chi connectivity index (χ2v) is 6.43. The molecular formula is C20H23N5O2. The van der Waals surface area contributed by atoms with Gasteiger partial charge in [0.25, 0.3) is 5.56 Å². The highest BCUT2D eigenvalue weighted by atomic mass is 16.1. The lowest BCUT2D eigenvalue weighted by Gasteiger charge is -2.09. The van der Waals surface area contributed by atoms with Crippen molar-refractivity contribution in [2.75, 3.05) is 5.32 Å². The molecule has 0 spiro atoms. The number of anilines is 1. The molecule has 2 heterocycles. The third-order valence-corrected chi connectivity index (χ3v) is 4.07. The maximum absolute atomic E-state index is 12.4. The summed E-state index contributed by atoms with van der Waals surface area (Å²) in [5, 5.41) is 7.23. The van der Waals surface area contributed by atoms with Gasteiger partial charge in [-0.2, -0.15) is 9.78 Å². The maximum atomic E-state index is 12.4. The fourth-order valence-electron chi connectivity index (χ4n) is 2.84. The minimum atomic E-state index is -0.238. The number of aromatic nitrogens is 4. The van der Waals surface area contributed by atoms with Gasteiger partial charge in [-0.3, -0.25) is 14.6 Å². The average molecular weight is 365 g/mol. The Morgan fingerprint density at radius 3 is 2.70 bits per heavy atom. The van der Waals surface area contributed by atoms with Crippen LogP contribution in [0.2, 0.25) is 0 Å². The second-order valence-electron chi connectivity index (χ2n) is 6.43. The minimum absolute atomic E-state index is 0.118. The van der Waals surface area contributed by atoms with E-state index >= 15 is 0 Å². The van der Waals surface area contributed by atoms with E-state index in [4.69, 9.17) is 0 Å². The van der Waals surface area contributed by atoms with Crippen molar-refractivity contribution in [2.45, 2.75) is 39.5 Å². The summed E-state index contributed by atoms with van der Waals surface area (Å²) in [4.78, 5) is 31.5. The number of hydrogen-bond acceptors (Lipinski definition) is 4. The van der Waals surface area contributed by atoms with Crippen LogP contribution in [-0.2, 0) is 17.6 Å². The Hall–Kier alpha value is -3.22. The van der Waals surface area contributed by atoms with Gasteiger partial charge >= 0.3 is 0 Å². The van der Waals surface area contributed by atoms with E-state index in [2.05, 4.69) is 20.4 Å². The highest BCUT2D eigenvalue weighted by Crippen LogP contribution is 2.15. The fraction of sp³-hybridized carbons (Fsp3) is 0.300. The third kappa shape index (κ3) is 4.91. The number of H-pyrrole nitrogens is 1. The Kier molecular flexibility index (Phi) is 5.80. The average Bonchev–Trinajstić information content (AvgIpc) is 3.01. The van der Waals surface area contributed by atoms with Crippen LogP contribution in [-0.4, -0.2) is 25.7 Å². The van der Waals surface area contributed by atoms with Gasteiger partial charge in [-0.1, -0.05) is 43.7 Å². The van der Waals surface area contributed by atoms with Gasteiger partial charge in [-0.15, -0.1) is 0 Å². The summed E-state index contributed by atoms with van der Waals surface area (Å²) >= 11 is 0. The van der Waals surface area contributed by atoms with E-state index in [-0.39, 0.29) is 11.5 Å². The number of hydrogen-bond donors (Lipinski definition) is 2. The topological polar surface area (TPSA) is 92.7 Å². The molecule has 1 amide bonds. The lowest BCUT2D eigenvalue weighted by molar-refractivity contribution is -0.116. The first-order valence-electron chi connectivity index (χ1n) is 9.06. The fourth-order valence-corrected chi connectivity index (χ4v) is 2.84. The number of nitrogens with zero attached hydrogens (tertiary/aromatic N) is 3. The molecule has 7 heteroatoms. The zero-order valence-electron chi connectivity index (χ0n) is 15.5. The van der Waals surface area contributed by atoms with Crippen LogP contribution in [0.3, 0.4) is 0 Å². The highest BCUT2D eigenvalue weighted by Gasteiger charge is 2.13. The summed E-state index contributed by atoms with van der Waals surface area (Å²) in [7, 11) is 0. The standard InChI is InChI=1S/C20H23N5O2/c1-3-7-16-13-19(27)23-20(21-16)25-17(12-14(2)24-25)22-18(26)11-10-15-8-5-4-6-9-15/h4-6,8-9,12-13H,3,7,10-11H2,1-2H3,(H,22,26)(H,21,23,27). The van der Waals surface area contributed by atoms with E-state index < -0.39 is 0 Å². The number of carbonyl (C=O) groups excluding carboxylic acids is 1. The summed E-state index contributed by atoms with van der Waals surface area (Å²) in [6, 6.07) is 13.1. The molecule has 0 atom stereocenters. The van der Waals surface area contributed by atoms with E-state index in [1.54, 1.807) is 6.07 Å². The summed E-state index contributed by atoms with van der Waals surface area (Å²) < 4.78 is 1.47. The van der Waals surface area contributed by atoms with Crippen LogP contribution in [0.15, 0.2) is 47.3 Å². The normalized spacial score (nSPS) is 10.7. The highest BCUT2D eigenvalue weighted by molar-refractivity contribution is 5.90. The molecule has 2 aromatic heterocycles. The summed E-state index contributed by atoms with van der Waals surface area (Å²) in [6.07, 6.45) is 2.60. The molecule has 0 aliphatic rings. The smallest absolute Gasteiger partial charge is 0.252 e. The first-order valence-corrected chi connectivity index (χ1v) is 9.06. The molecule has 2 N–H and O–H groups in total. The molecule has 7 nitrogen and oxygen atoms in total. The number of amides is 1. The van der Waals surface area contributed by atoms with Crippen LogP contribution in [0.25, 0.3) is 5.95 Å². The van der Waals surface area contributed by atoms with Crippen LogP contribution in [0.4, 0.5) is 5.82 Å². The van der Waals surface area contributed by atoms with E-state index in [1.165, 1.54) is 10.7 Å². The van der Waals surface area contributed by atoms with Crippen molar-refractivity contribution in [2.24, 2.45) is 0 Å². The molecule has 0 aliphatic heterocycles. The number of carbonyl (C=O) groups is 1. The zero-order chi connectivity index (χ0) is 19.2. The lowest BCUT2D eigenvalue weighted by Crippen LogP contribution is -2.19. The van der Waals surface area contributed by atoms with Gasteiger partial charge in [0, 0.05) is 24.2 Å². The Morgan fingerprint density at radius 1 is 1.19 bits per heavy atom. The molecule has 0 unspecified atom stereocenters. The predicted octanol–water partition coefficient (Wildman–Crippen LogP) is 2.79. The van der Waals surface area contributed by atoms with Crippen molar-refractivity contribution in [3.05, 3.63) is 69.8 Å². The van der Waals surface area contributed by atoms with Crippen molar-refractivity contribution in [1.82, 2.24) is 19.7 Å². The van der Waals surface area contributed by atoms with Gasteiger partial charge in [0.2, 0.25) is 11.9 Å². The van der Waals surface area contributed by atoms with Gasteiger partial charge in [0.15, 0.2) is 0 Å². The van der Waals surface area contributed by atoms with Crippen LogP contribution in [0.1, 0.15) is 36.7 Å². The second kappa shape index (κ2) is 8.44. The molecule has 0 aliphatic carbocycles. The SMILES string of the molecule is CCCc1cc(=O)[nH]c(-n2nc(C)cc2NC(=O)CCc2ccccc2)n1. The number of rotatable bonds is 7. The molecule has 3 aromatic rings. The minimum Gasteiger partial charge on any atom is -0.310 e. The lowest BCUT2D eigenvalue weighted by atomic mass is 10.1. The van der Waals surface area contributed by atoms with Crippen molar-refractivity contribution < 1.29 is 4.79 Å². The van der Waals surface area contributed by atoms with Crippen molar-refractivity contribution in [1.29, 1.82) is 0 Å². The predicted molar refractivity (Wildman–Crippen MR) is 104 cm³/mol. The Labute approximate surface area is 157 Å². The van der Waals surface area contributed by atoms with Crippen LogP contribution < -0.4 is 10.9 Å². The van der Waals surface area contributed by atoms with Crippen molar-refractivity contribution >= 4 is 11.7 Å². The number of aryl methyl sites for hydroxylation is 3. The largest absolute Gasteiger partial charge is 0.310 e. The Balaban J connectivity index is 1.78. The molecule has 0 bridgehead atoms. The zero-order valence-corrected chi connectivity index (χ0v) is 15.5. The van der Waals surface area contributed by atoms with Crippen molar-refractivity contribution in [3.8, 4) is 5.95 Å². The molecule has 3 rings (SSSR count). The number of benzene rings is 1. The Morgan fingerprint density at radius 2 is 1.96 bits per heavy atom. The van der Waals surface area contributed by atoms with Gasteiger partial charge in [-0.25, -0.2) is 4.98 Å². The van der Waals surface area contributed by atoms with Crippen LogP contribution in [0.5, 0.6) is 0 Å².